The van der Waals surface area contributed by atoms with Crippen molar-refractivity contribution in [3.8, 4) is 0 Å². The highest BCUT2D eigenvalue weighted by Crippen LogP contribution is 2.07. The molecule has 2 aromatic rings. The Morgan fingerprint density at radius 3 is 2.83 bits per heavy atom. The van der Waals surface area contributed by atoms with Gasteiger partial charge in [-0.2, -0.15) is 4.98 Å². The normalized spacial score (nSPS) is 10.8. The Bertz CT molecular complexity index is 486. The molecular formula is C6H5ClN4O. The van der Waals surface area contributed by atoms with Crippen molar-refractivity contribution >= 4 is 22.8 Å². The number of rotatable bonds is 0. The minimum atomic E-state index is -0.253. The van der Waals surface area contributed by atoms with Crippen LogP contribution in [0.3, 0.4) is 0 Å². The van der Waals surface area contributed by atoms with E-state index in [4.69, 9.17) is 11.6 Å². The predicted octanol–water partition coefficient (Wildman–Crippen LogP) is 0.608. The molecule has 0 fully saturated rings. The second-order valence-corrected chi connectivity index (χ2v) is 2.74. The van der Waals surface area contributed by atoms with Crippen LogP contribution in [0.2, 0.25) is 5.28 Å². The molecule has 0 bridgehead atoms. The third kappa shape index (κ3) is 0.984. The summed E-state index contributed by atoms with van der Waals surface area (Å²) in [5, 5.41) is 0.175. The van der Waals surface area contributed by atoms with Crippen LogP contribution in [0, 0.1) is 6.92 Å². The number of aromatic amines is 2. The number of H-pyrrole nitrogens is 2. The maximum Gasteiger partial charge on any atom is 0.277 e. The van der Waals surface area contributed by atoms with Gasteiger partial charge in [0, 0.05) is 0 Å². The lowest BCUT2D eigenvalue weighted by Gasteiger charge is -1.89. The maximum atomic E-state index is 11.2. The van der Waals surface area contributed by atoms with Crippen molar-refractivity contribution in [2.24, 2.45) is 0 Å². The molecule has 0 aliphatic carbocycles. The van der Waals surface area contributed by atoms with E-state index in [1.807, 2.05) is 0 Å². The van der Waals surface area contributed by atoms with E-state index in [1.54, 1.807) is 6.92 Å². The van der Waals surface area contributed by atoms with E-state index in [9.17, 15) is 4.79 Å². The highest BCUT2D eigenvalue weighted by Gasteiger charge is 2.05. The molecule has 0 atom stereocenters. The zero-order chi connectivity index (χ0) is 8.72. The van der Waals surface area contributed by atoms with E-state index in [0.29, 0.717) is 17.0 Å². The highest BCUT2D eigenvalue weighted by molar-refractivity contribution is 6.28. The third-order valence-electron chi connectivity index (χ3n) is 1.45. The number of fused-ring (bicyclic) bond motifs is 1. The molecule has 6 heteroatoms. The fraction of sp³-hybridized carbons (Fsp3) is 0.167. The second kappa shape index (κ2) is 2.31. The summed E-state index contributed by atoms with van der Waals surface area (Å²) in [4.78, 5) is 24.1. The molecule has 0 radical (unpaired) electrons. The molecule has 0 saturated heterocycles. The van der Waals surface area contributed by atoms with Gasteiger partial charge in [0.1, 0.15) is 5.82 Å². The minimum absolute atomic E-state index is 0.175. The van der Waals surface area contributed by atoms with Crippen molar-refractivity contribution in [1.29, 1.82) is 0 Å². The maximum absolute atomic E-state index is 11.2. The fourth-order valence-corrected chi connectivity index (χ4v) is 1.16. The fourth-order valence-electron chi connectivity index (χ4n) is 0.989. The first-order valence-electron chi connectivity index (χ1n) is 3.29. The molecular weight excluding hydrogens is 180 g/mol. The molecule has 12 heavy (non-hydrogen) atoms. The van der Waals surface area contributed by atoms with Crippen LogP contribution in [-0.4, -0.2) is 19.9 Å². The summed E-state index contributed by atoms with van der Waals surface area (Å²) in [5.41, 5.74) is 0.406. The van der Waals surface area contributed by atoms with E-state index in [0.717, 1.165) is 0 Å². The molecule has 2 rings (SSSR count). The standard InChI is InChI=1S/C6H5ClN4O/c1-2-8-4-3(5(12)9-2)10-6(7)11-4/h1H3,(H2,8,9,10,11,12). The number of aryl methyl sites for hydroxylation is 1. The van der Waals surface area contributed by atoms with Crippen LogP contribution < -0.4 is 5.56 Å². The molecule has 0 spiro atoms. The summed E-state index contributed by atoms with van der Waals surface area (Å²) in [7, 11) is 0. The summed E-state index contributed by atoms with van der Waals surface area (Å²) in [6.45, 7) is 1.68. The first-order chi connectivity index (χ1) is 5.66. The average Bonchev–Trinajstić information content (AvgIpc) is 2.29. The van der Waals surface area contributed by atoms with Gasteiger partial charge in [0.2, 0.25) is 5.28 Å². The molecule has 2 N–H and O–H groups in total. The molecule has 2 aromatic heterocycles. The molecule has 0 saturated carbocycles. The molecule has 62 valence electrons. The number of aromatic nitrogens is 4. The Morgan fingerprint density at radius 2 is 2.08 bits per heavy atom. The lowest BCUT2D eigenvalue weighted by Crippen LogP contribution is -2.09. The topological polar surface area (TPSA) is 74.4 Å². The molecule has 0 aromatic carbocycles. The molecule has 5 nitrogen and oxygen atoms in total. The van der Waals surface area contributed by atoms with Gasteiger partial charge in [-0.1, -0.05) is 0 Å². The predicted molar refractivity (Wildman–Crippen MR) is 44.3 cm³/mol. The van der Waals surface area contributed by atoms with E-state index < -0.39 is 0 Å². The van der Waals surface area contributed by atoms with Crippen LogP contribution in [0.15, 0.2) is 4.79 Å². The Balaban J connectivity index is 2.98. The van der Waals surface area contributed by atoms with Gasteiger partial charge >= 0.3 is 0 Å². The third-order valence-corrected chi connectivity index (χ3v) is 1.63. The second-order valence-electron chi connectivity index (χ2n) is 2.38. The summed E-state index contributed by atoms with van der Waals surface area (Å²) < 4.78 is 0. The van der Waals surface area contributed by atoms with Crippen LogP contribution in [-0.2, 0) is 0 Å². The van der Waals surface area contributed by atoms with Crippen LogP contribution in [0.4, 0.5) is 0 Å². The smallest absolute Gasteiger partial charge is 0.277 e. The van der Waals surface area contributed by atoms with Crippen molar-refractivity contribution in [2.45, 2.75) is 6.92 Å². The van der Waals surface area contributed by atoms with Crippen molar-refractivity contribution in [1.82, 2.24) is 19.9 Å². The largest absolute Gasteiger partial charge is 0.323 e. The number of imidazole rings is 1. The first kappa shape index (κ1) is 7.30. The summed E-state index contributed by atoms with van der Waals surface area (Å²) in [6.07, 6.45) is 0. The zero-order valence-electron chi connectivity index (χ0n) is 6.18. The van der Waals surface area contributed by atoms with Gasteiger partial charge in [-0.15, -0.1) is 0 Å². The van der Waals surface area contributed by atoms with Crippen LogP contribution in [0.25, 0.3) is 11.2 Å². The Kier molecular flexibility index (Phi) is 1.41. The number of nitrogens with one attached hydrogen (secondary N) is 2. The van der Waals surface area contributed by atoms with Gasteiger partial charge in [-0.25, -0.2) is 4.98 Å². The quantitative estimate of drug-likeness (QED) is 0.589. The van der Waals surface area contributed by atoms with Gasteiger partial charge < -0.3 is 9.97 Å². The zero-order valence-corrected chi connectivity index (χ0v) is 6.94. The molecule has 0 aliphatic rings. The Morgan fingerprint density at radius 1 is 1.33 bits per heavy atom. The van der Waals surface area contributed by atoms with E-state index >= 15 is 0 Å². The monoisotopic (exact) mass is 184 g/mol. The SMILES string of the molecule is Cc1nc2nc(Cl)[nH]c2c(=O)[nH]1. The van der Waals surface area contributed by atoms with Gasteiger partial charge in [0.25, 0.3) is 5.56 Å². The molecule has 0 amide bonds. The van der Waals surface area contributed by atoms with Crippen molar-refractivity contribution in [2.75, 3.05) is 0 Å². The molecule has 0 unspecified atom stereocenters. The average molecular weight is 185 g/mol. The van der Waals surface area contributed by atoms with Gasteiger partial charge in [0.15, 0.2) is 11.2 Å². The van der Waals surface area contributed by atoms with Gasteiger partial charge in [-0.05, 0) is 18.5 Å². The van der Waals surface area contributed by atoms with Crippen molar-refractivity contribution < 1.29 is 0 Å². The highest BCUT2D eigenvalue weighted by atomic mass is 35.5. The number of halogens is 1. The summed E-state index contributed by atoms with van der Waals surface area (Å²) in [5.74, 6) is 0.524. The lowest BCUT2D eigenvalue weighted by atomic mass is 10.5. The van der Waals surface area contributed by atoms with E-state index in [2.05, 4.69) is 19.9 Å². The van der Waals surface area contributed by atoms with Crippen LogP contribution in [0.1, 0.15) is 5.82 Å². The molecule has 2 heterocycles. The first-order valence-corrected chi connectivity index (χ1v) is 3.67. The van der Waals surface area contributed by atoms with Crippen LogP contribution in [0.5, 0.6) is 0 Å². The summed E-state index contributed by atoms with van der Waals surface area (Å²) >= 11 is 5.55. The lowest BCUT2D eigenvalue weighted by molar-refractivity contribution is 1.05. The Hall–Kier alpha value is -1.36. The summed E-state index contributed by atoms with van der Waals surface area (Å²) in [6, 6.07) is 0. The van der Waals surface area contributed by atoms with Crippen molar-refractivity contribution in [3.63, 3.8) is 0 Å². The molecule has 0 aliphatic heterocycles. The van der Waals surface area contributed by atoms with Gasteiger partial charge in [-0.3, -0.25) is 4.79 Å². The van der Waals surface area contributed by atoms with Gasteiger partial charge in [0.05, 0.1) is 0 Å². The Labute approximate surface area is 71.8 Å². The number of nitrogens with zero attached hydrogens (tertiary/aromatic N) is 2. The van der Waals surface area contributed by atoms with Crippen LogP contribution >= 0.6 is 11.6 Å². The number of hydrogen-bond donors (Lipinski definition) is 2. The van der Waals surface area contributed by atoms with E-state index in [-0.39, 0.29) is 10.8 Å². The number of hydrogen-bond acceptors (Lipinski definition) is 3. The van der Waals surface area contributed by atoms with E-state index in [1.165, 1.54) is 0 Å². The van der Waals surface area contributed by atoms with Crippen molar-refractivity contribution in [3.05, 3.63) is 21.5 Å². The minimum Gasteiger partial charge on any atom is -0.323 e.